The largest absolute Gasteiger partial charge is 0.504 e. The number of allylic oxidation sites excluding steroid dienone is 2. The van der Waals surface area contributed by atoms with Crippen LogP contribution in [0.3, 0.4) is 0 Å². The third kappa shape index (κ3) is 5.88. The molecule has 1 heterocycles. The molecule has 4 nitrogen and oxygen atoms in total. The molecule has 0 bridgehead atoms. The highest BCUT2D eigenvalue weighted by Crippen LogP contribution is 2.34. The number of ether oxygens (including phenoxy) is 1. The lowest BCUT2D eigenvalue weighted by Crippen LogP contribution is -2.32. The monoisotopic (exact) mass is 496 g/mol. The molecule has 1 aromatic carbocycles. The highest BCUT2D eigenvalue weighted by Gasteiger charge is 2.28. The molecule has 28 heavy (non-hydrogen) atoms. The summed E-state index contributed by atoms with van der Waals surface area (Å²) in [5, 5.41) is 20.0. The first-order chi connectivity index (χ1) is 13.3. The highest BCUT2D eigenvalue weighted by molar-refractivity contribution is 14.1. The lowest BCUT2D eigenvalue weighted by Gasteiger charge is -2.29. The van der Waals surface area contributed by atoms with Crippen LogP contribution in [-0.4, -0.2) is 30.5 Å². The zero-order valence-corrected chi connectivity index (χ0v) is 19.3. The van der Waals surface area contributed by atoms with Gasteiger partial charge in [-0.25, -0.2) is 0 Å². The van der Waals surface area contributed by atoms with Crippen LogP contribution in [0.15, 0.2) is 41.5 Å². The molecule has 1 aliphatic rings. The van der Waals surface area contributed by atoms with Gasteiger partial charge in [-0.05, 0) is 76.6 Å². The molecule has 0 aromatic heterocycles. The Labute approximate surface area is 182 Å². The fourth-order valence-corrected chi connectivity index (χ4v) is 3.93. The van der Waals surface area contributed by atoms with Gasteiger partial charge in [0, 0.05) is 6.32 Å². The van der Waals surface area contributed by atoms with E-state index >= 15 is 0 Å². The smallest absolute Gasteiger partial charge is 0.458 e. The highest BCUT2D eigenvalue weighted by atomic mass is 127. The van der Waals surface area contributed by atoms with Crippen LogP contribution in [0.4, 0.5) is 0 Å². The number of methoxy groups -OCH3 is 1. The van der Waals surface area contributed by atoms with Gasteiger partial charge in [0.05, 0.1) is 16.8 Å². The fraction of sp³-hybridized carbons (Fsp3) is 0.455. The summed E-state index contributed by atoms with van der Waals surface area (Å²) in [6.45, 7) is 10.6. The van der Waals surface area contributed by atoms with E-state index in [-0.39, 0.29) is 11.9 Å². The van der Waals surface area contributed by atoms with Crippen molar-refractivity contribution in [3.05, 3.63) is 50.6 Å². The van der Waals surface area contributed by atoms with E-state index < -0.39 is 7.12 Å². The Morgan fingerprint density at radius 2 is 2.18 bits per heavy atom. The van der Waals surface area contributed by atoms with Gasteiger partial charge in [0.15, 0.2) is 11.5 Å². The van der Waals surface area contributed by atoms with Crippen molar-refractivity contribution in [1.82, 2.24) is 0 Å². The number of hydrogen-bond donors (Lipinski definition) is 2. The first-order valence-corrected chi connectivity index (χ1v) is 10.8. The molecule has 1 aromatic rings. The predicted molar refractivity (Wildman–Crippen MR) is 125 cm³/mol. The van der Waals surface area contributed by atoms with E-state index in [4.69, 9.17) is 9.39 Å². The van der Waals surface area contributed by atoms with Crippen molar-refractivity contribution in [3.63, 3.8) is 0 Å². The van der Waals surface area contributed by atoms with Crippen molar-refractivity contribution in [3.8, 4) is 11.5 Å². The Morgan fingerprint density at radius 1 is 1.46 bits per heavy atom. The second kappa shape index (κ2) is 10.5. The van der Waals surface area contributed by atoms with E-state index in [2.05, 4.69) is 62.1 Å². The van der Waals surface area contributed by atoms with Crippen LogP contribution in [0.25, 0.3) is 6.08 Å². The molecule has 1 unspecified atom stereocenters. The minimum Gasteiger partial charge on any atom is -0.504 e. The van der Waals surface area contributed by atoms with Crippen molar-refractivity contribution < 1.29 is 19.5 Å². The quantitative estimate of drug-likeness (QED) is 0.364. The van der Waals surface area contributed by atoms with Crippen LogP contribution >= 0.6 is 22.6 Å². The number of phenolic OH excluding ortho intramolecular Hbond substituents is 1. The van der Waals surface area contributed by atoms with E-state index in [1.54, 1.807) is 7.11 Å². The zero-order chi connectivity index (χ0) is 20.8. The molecule has 1 aliphatic heterocycles. The molecule has 2 N–H and O–H groups in total. The first-order valence-electron chi connectivity index (χ1n) is 9.75. The molecule has 6 heteroatoms. The second-order valence-electron chi connectivity index (χ2n) is 7.40. The van der Waals surface area contributed by atoms with Crippen molar-refractivity contribution >= 4 is 35.8 Å². The van der Waals surface area contributed by atoms with E-state index in [1.165, 1.54) is 5.57 Å². The summed E-state index contributed by atoms with van der Waals surface area (Å²) >= 11 is 2.11. The molecular formula is C22H30BIO4. The standard InChI is InChI=1S/C22H30BIO4/c1-6-16(11-17-12-19(24)22(25)21(13-17)27-5)7-8-20-18(15(4)14(2)3)9-10-23(26)28-20/h9,11-14,20,25-26H,4,6-8,10H2,1-3,5H3/b16-11+. The molecule has 1 atom stereocenters. The van der Waals surface area contributed by atoms with Gasteiger partial charge < -0.3 is 19.5 Å². The summed E-state index contributed by atoms with van der Waals surface area (Å²) < 4.78 is 11.9. The van der Waals surface area contributed by atoms with E-state index in [0.717, 1.165) is 39.5 Å². The Hall–Kier alpha value is -1.25. The first kappa shape index (κ1) is 23.0. The molecule has 0 saturated carbocycles. The number of hydrogen-bond acceptors (Lipinski definition) is 4. The Bertz CT molecular complexity index is 770. The summed E-state index contributed by atoms with van der Waals surface area (Å²) in [5.41, 5.74) is 4.48. The Morgan fingerprint density at radius 3 is 2.79 bits per heavy atom. The van der Waals surface area contributed by atoms with Crippen molar-refractivity contribution in [2.24, 2.45) is 5.92 Å². The molecule has 2 rings (SSSR count). The number of benzene rings is 1. The summed E-state index contributed by atoms with van der Waals surface area (Å²) in [6, 6.07) is 3.79. The normalized spacial score (nSPS) is 17.7. The van der Waals surface area contributed by atoms with Crippen LogP contribution < -0.4 is 4.74 Å². The lowest BCUT2D eigenvalue weighted by atomic mass is 9.76. The maximum Gasteiger partial charge on any atom is 0.458 e. The summed E-state index contributed by atoms with van der Waals surface area (Å²) in [6.07, 6.45) is 7.16. The molecule has 0 radical (unpaired) electrons. The van der Waals surface area contributed by atoms with Gasteiger partial charge >= 0.3 is 7.12 Å². The molecule has 152 valence electrons. The molecule has 0 amide bonds. The third-order valence-corrected chi connectivity index (χ3v) is 5.92. The van der Waals surface area contributed by atoms with Gasteiger partial charge in [0.25, 0.3) is 0 Å². The molecule has 0 fully saturated rings. The van der Waals surface area contributed by atoms with Gasteiger partial charge in [-0.2, -0.15) is 0 Å². The summed E-state index contributed by atoms with van der Waals surface area (Å²) in [4.78, 5) is 0. The zero-order valence-electron chi connectivity index (χ0n) is 17.2. The number of phenols is 1. The van der Waals surface area contributed by atoms with Crippen LogP contribution in [0.2, 0.25) is 6.32 Å². The Balaban J connectivity index is 2.17. The maximum atomic E-state index is 10.0. The Kier molecular flexibility index (Phi) is 8.65. The topological polar surface area (TPSA) is 58.9 Å². The number of rotatable bonds is 8. The third-order valence-electron chi connectivity index (χ3n) is 5.10. The minimum absolute atomic E-state index is 0.136. The summed E-state index contributed by atoms with van der Waals surface area (Å²) in [5.74, 6) is 0.996. The van der Waals surface area contributed by atoms with Gasteiger partial charge in [0.2, 0.25) is 0 Å². The van der Waals surface area contributed by atoms with Crippen LogP contribution in [-0.2, 0) is 4.65 Å². The van der Waals surface area contributed by atoms with Crippen molar-refractivity contribution in [1.29, 1.82) is 0 Å². The number of halogens is 1. The van der Waals surface area contributed by atoms with Gasteiger partial charge in [-0.1, -0.05) is 45.1 Å². The fourth-order valence-electron chi connectivity index (χ4n) is 3.31. The predicted octanol–water partition coefficient (Wildman–Crippen LogP) is 5.60. The van der Waals surface area contributed by atoms with E-state index in [9.17, 15) is 10.1 Å². The van der Waals surface area contributed by atoms with Crippen molar-refractivity contribution in [2.75, 3.05) is 7.11 Å². The van der Waals surface area contributed by atoms with Crippen LogP contribution in [0, 0.1) is 9.49 Å². The number of aromatic hydroxyl groups is 1. The molecule has 0 aliphatic carbocycles. The van der Waals surface area contributed by atoms with Gasteiger partial charge in [0.1, 0.15) is 0 Å². The average molecular weight is 496 g/mol. The second-order valence-corrected chi connectivity index (χ2v) is 8.57. The van der Waals surface area contributed by atoms with E-state index in [0.29, 0.717) is 18.0 Å². The molecule has 0 spiro atoms. The summed E-state index contributed by atoms with van der Waals surface area (Å²) in [7, 11) is 0.811. The van der Waals surface area contributed by atoms with Crippen LogP contribution in [0.1, 0.15) is 45.6 Å². The maximum absolute atomic E-state index is 10.0. The molecular weight excluding hydrogens is 466 g/mol. The van der Waals surface area contributed by atoms with Gasteiger partial charge in [-0.15, -0.1) is 0 Å². The minimum atomic E-state index is -0.745. The van der Waals surface area contributed by atoms with Gasteiger partial charge in [-0.3, -0.25) is 0 Å². The molecule has 0 saturated heterocycles. The lowest BCUT2D eigenvalue weighted by molar-refractivity contribution is 0.182. The van der Waals surface area contributed by atoms with E-state index in [1.807, 2.05) is 12.1 Å². The van der Waals surface area contributed by atoms with Crippen LogP contribution in [0.5, 0.6) is 11.5 Å². The average Bonchev–Trinajstić information content (AvgIpc) is 2.67. The van der Waals surface area contributed by atoms with Crippen molar-refractivity contribution in [2.45, 2.75) is 52.5 Å². The SMILES string of the molecule is C=C(C1=CCB(O)OC1CC/C(=C/c1cc(I)c(O)c(OC)c1)CC)C(C)C.